The van der Waals surface area contributed by atoms with Crippen LogP contribution in [0.15, 0.2) is 47.6 Å². The highest BCUT2D eigenvalue weighted by molar-refractivity contribution is 7.92. The van der Waals surface area contributed by atoms with E-state index in [0.717, 1.165) is 10.6 Å². The predicted octanol–water partition coefficient (Wildman–Crippen LogP) is 3.31. The lowest BCUT2D eigenvalue weighted by molar-refractivity contribution is -0.119. The number of anilines is 1. The van der Waals surface area contributed by atoms with Crippen LogP contribution < -0.4 is 14.5 Å². The number of amides is 1. The summed E-state index contributed by atoms with van der Waals surface area (Å²) < 4.78 is 30.9. The molecule has 0 aliphatic heterocycles. The number of nitrogens with zero attached hydrogens (tertiary/aromatic N) is 2. The molecule has 0 saturated carbocycles. The minimum Gasteiger partial charge on any atom is -0.492 e. The number of nitrogens with one attached hydrogen (secondary N) is 1. The number of carbonyl (C=O) groups excluding carboxylic acids is 1. The normalized spacial score (nSPS) is 11.4. The fraction of sp³-hybridized carbons (Fsp3) is 0.222. The minimum absolute atomic E-state index is 0.274. The lowest BCUT2D eigenvalue weighted by Crippen LogP contribution is -2.39. The number of benzene rings is 2. The number of hydrazone groups is 1. The quantitative estimate of drug-likeness (QED) is 0.500. The Labute approximate surface area is 173 Å². The number of hydrogen-bond acceptors (Lipinski definition) is 5. The number of rotatable bonds is 8. The van der Waals surface area contributed by atoms with Crippen LogP contribution in [0.3, 0.4) is 0 Å². The van der Waals surface area contributed by atoms with Crippen molar-refractivity contribution in [2.24, 2.45) is 5.10 Å². The zero-order valence-corrected chi connectivity index (χ0v) is 17.6. The van der Waals surface area contributed by atoms with Gasteiger partial charge >= 0.3 is 0 Å². The Hall–Kier alpha value is -2.29. The smallest absolute Gasteiger partial charge is 0.260 e. The summed E-state index contributed by atoms with van der Waals surface area (Å²) in [6, 6.07) is 11.4. The summed E-state index contributed by atoms with van der Waals surface area (Å²) in [5, 5.41) is 4.58. The van der Waals surface area contributed by atoms with Crippen LogP contribution in [-0.4, -0.2) is 39.9 Å². The highest BCUT2D eigenvalue weighted by atomic mass is 35.5. The fourth-order valence-electron chi connectivity index (χ4n) is 2.26. The molecule has 1 N–H and O–H groups in total. The van der Waals surface area contributed by atoms with Gasteiger partial charge in [-0.3, -0.25) is 9.10 Å². The molecule has 0 unspecified atom stereocenters. The SMILES string of the molecule is CCOc1ccccc1N(CC(=O)N/N=C\c1ccc(Cl)c(Cl)c1)S(C)(=O)=O. The van der Waals surface area contributed by atoms with Crippen molar-refractivity contribution in [3.63, 3.8) is 0 Å². The van der Waals surface area contributed by atoms with Crippen molar-refractivity contribution in [3.8, 4) is 5.75 Å². The topological polar surface area (TPSA) is 88.1 Å². The van der Waals surface area contributed by atoms with Gasteiger partial charge in [-0.25, -0.2) is 13.8 Å². The third-order valence-electron chi connectivity index (χ3n) is 3.47. The van der Waals surface area contributed by atoms with Crippen LogP contribution in [0, 0.1) is 0 Å². The number of halogens is 2. The van der Waals surface area contributed by atoms with Gasteiger partial charge in [-0.15, -0.1) is 0 Å². The molecule has 0 aliphatic rings. The molecule has 0 aromatic heterocycles. The van der Waals surface area contributed by atoms with Crippen LogP contribution in [0.25, 0.3) is 0 Å². The molecule has 2 aromatic carbocycles. The van der Waals surface area contributed by atoms with E-state index in [1.165, 1.54) is 6.21 Å². The summed E-state index contributed by atoms with van der Waals surface area (Å²) in [7, 11) is -3.73. The molecule has 0 heterocycles. The van der Waals surface area contributed by atoms with E-state index in [-0.39, 0.29) is 5.69 Å². The average Bonchev–Trinajstić information content (AvgIpc) is 2.63. The molecular formula is C18H19Cl2N3O4S. The van der Waals surface area contributed by atoms with Gasteiger partial charge in [0.15, 0.2) is 0 Å². The summed E-state index contributed by atoms with van der Waals surface area (Å²) in [5.41, 5.74) is 3.19. The van der Waals surface area contributed by atoms with Gasteiger partial charge in [-0.2, -0.15) is 5.10 Å². The van der Waals surface area contributed by atoms with Crippen molar-refractivity contribution in [1.29, 1.82) is 0 Å². The van der Waals surface area contributed by atoms with Crippen LogP contribution in [-0.2, 0) is 14.8 Å². The summed E-state index contributed by atoms with van der Waals surface area (Å²) in [6.45, 7) is 1.68. The molecule has 0 spiro atoms. The molecule has 2 aromatic rings. The molecule has 7 nitrogen and oxygen atoms in total. The zero-order valence-electron chi connectivity index (χ0n) is 15.2. The summed E-state index contributed by atoms with van der Waals surface area (Å²) >= 11 is 11.8. The van der Waals surface area contributed by atoms with E-state index in [9.17, 15) is 13.2 Å². The number of para-hydroxylation sites is 2. The van der Waals surface area contributed by atoms with Crippen molar-refractivity contribution in [3.05, 3.63) is 58.1 Å². The number of carbonyl (C=O) groups is 1. The summed E-state index contributed by atoms with van der Waals surface area (Å²) in [4.78, 5) is 12.2. The maximum Gasteiger partial charge on any atom is 0.260 e. The largest absolute Gasteiger partial charge is 0.492 e. The third kappa shape index (κ3) is 6.12. The highest BCUT2D eigenvalue weighted by Gasteiger charge is 2.23. The Morgan fingerprint density at radius 2 is 1.93 bits per heavy atom. The van der Waals surface area contributed by atoms with E-state index in [0.29, 0.717) is 28.0 Å². The standard InChI is InChI=1S/C18H19Cl2N3O4S/c1-3-27-17-7-5-4-6-16(17)23(28(2,25)26)12-18(24)22-21-11-13-8-9-14(19)15(20)10-13/h4-11H,3,12H2,1-2H3,(H,22,24)/b21-11-. The van der Waals surface area contributed by atoms with E-state index < -0.39 is 22.5 Å². The van der Waals surface area contributed by atoms with Gasteiger partial charge in [0.1, 0.15) is 12.3 Å². The maximum atomic E-state index is 12.2. The molecule has 28 heavy (non-hydrogen) atoms. The van der Waals surface area contributed by atoms with Crippen LogP contribution in [0.1, 0.15) is 12.5 Å². The molecule has 2 rings (SSSR count). The van der Waals surface area contributed by atoms with Crippen LogP contribution in [0.2, 0.25) is 10.0 Å². The van der Waals surface area contributed by atoms with Crippen molar-refractivity contribution >= 4 is 51.0 Å². The molecule has 0 aliphatic carbocycles. The first kappa shape index (κ1) is 22.0. The molecule has 10 heteroatoms. The monoisotopic (exact) mass is 443 g/mol. The summed E-state index contributed by atoms with van der Waals surface area (Å²) in [5.74, 6) is -0.254. The predicted molar refractivity (Wildman–Crippen MR) is 112 cm³/mol. The van der Waals surface area contributed by atoms with Crippen LogP contribution in [0.4, 0.5) is 5.69 Å². The van der Waals surface area contributed by atoms with Crippen LogP contribution >= 0.6 is 23.2 Å². The molecule has 0 radical (unpaired) electrons. The maximum absolute atomic E-state index is 12.2. The molecule has 0 atom stereocenters. The van der Waals surface area contributed by atoms with Crippen molar-refractivity contribution < 1.29 is 17.9 Å². The third-order valence-corrected chi connectivity index (χ3v) is 5.33. The summed E-state index contributed by atoms with van der Waals surface area (Å²) in [6.07, 6.45) is 2.39. The van der Waals surface area contributed by atoms with Crippen molar-refractivity contribution in [2.75, 3.05) is 23.7 Å². The van der Waals surface area contributed by atoms with Gasteiger partial charge < -0.3 is 4.74 Å². The first-order valence-electron chi connectivity index (χ1n) is 8.19. The second-order valence-corrected chi connectivity index (χ2v) is 8.36. The van der Waals surface area contributed by atoms with Crippen LogP contribution in [0.5, 0.6) is 5.75 Å². The Bertz CT molecular complexity index is 981. The fourth-order valence-corrected chi connectivity index (χ4v) is 3.43. The Kier molecular flexibility index (Phi) is 7.68. The Morgan fingerprint density at radius 1 is 1.21 bits per heavy atom. The molecule has 0 bridgehead atoms. The van der Waals surface area contributed by atoms with Crippen molar-refractivity contribution in [2.45, 2.75) is 6.92 Å². The Morgan fingerprint density at radius 3 is 2.57 bits per heavy atom. The molecule has 1 amide bonds. The van der Waals surface area contributed by atoms with Gasteiger partial charge in [-0.05, 0) is 36.8 Å². The lowest BCUT2D eigenvalue weighted by Gasteiger charge is -2.23. The Balaban J connectivity index is 2.14. The van der Waals surface area contributed by atoms with E-state index in [4.69, 9.17) is 27.9 Å². The first-order chi connectivity index (χ1) is 13.2. The van der Waals surface area contributed by atoms with Gasteiger partial charge in [0.25, 0.3) is 5.91 Å². The molecule has 150 valence electrons. The zero-order chi connectivity index (χ0) is 20.7. The second kappa shape index (κ2) is 9.77. The van der Waals surface area contributed by atoms with E-state index in [1.54, 1.807) is 49.4 Å². The van der Waals surface area contributed by atoms with Gasteiger partial charge in [-0.1, -0.05) is 41.4 Å². The van der Waals surface area contributed by atoms with E-state index in [1.807, 2.05) is 0 Å². The average molecular weight is 444 g/mol. The van der Waals surface area contributed by atoms with E-state index >= 15 is 0 Å². The number of sulfonamides is 1. The van der Waals surface area contributed by atoms with Gasteiger partial charge in [0.2, 0.25) is 10.0 Å². The van der Waals surface area contributed by atoms with Gasteiger partial charge in [0, 0.05) is 0 Å². The highest BCUT2D eigenvalue weighted by Crippen LogP contribution is 2.29. The first-order valence-corrected chi connectivity index (χ1v) is 10.8. The molecule has 0 fully saturated rings. The van der Waals surface area contributed by atoms with E-state index in [2.05, 4.69) is 10.5 Å². The molecular weight excluding hydrogens is 425 g/mol. The second-order valence-electron chi connectivity index (χ2n) is 5.64. The molecule has 0 saturated heterocycles. The number of hydrogen-bond donors (Lipinski definition) is 1. The van der Waals surface area contributed by atoms with Crippen molar-refractivity contribution in [1.82, 2.24) is 5.43 Å². The minimum atomic E-state index is -3.73. The van der Waals surface area contributed by atoms with Gasteiger partial charge in [0.05, 0.1) is 34.8 Å². The number of ether oxygens (including phenoxy) is 1. The lowest BCUT2D eigenvalue weighted by atomic mass is 10.2.